The van der Waals surface area contributed by atoms with Crippen LogP contribution in [0.15, 0.2) is 36.7 Å². The number of nitrogens with one attached hydrogen (secondary N) is 1. The molecule has 1 saturated heterocycles. The summed E-state index contributed by atoms with van der Waals surface area (Å²) in [6, 6.07) is 6.98. The van der Waals surface area contributed by atoms with E-state index in [0.717, 1.165) is 36.9 Å². The van der Waals surface area contributed by atoms with E-state index in [0.29, 0.717) is 18.8 Å². The van der Waals surface area contributed by atoms with Gasteiger partial charge in [0.25, 0.3) is 0 Å². The maximum Gasteiger partial charge on any atom is 0.237 e. The molecule has 1 spiro atoms. The highest BCUT2D eigenvalue weighted by molar-refractivity contribution is 7.89. The van der Waals surface area contributed by atoms with E-state index in [-0.39, 0.29) is 17.6 Å². The fraction of sp³-hybridized carbons (Fsp3) is 0.524. The second-order valence-electron chi connectivity index (χ2n) is 8.56. The van der Waals surface area contributed by atoms with Crippen LogP contribution in [0.4, 0.5) is 5.69 Å². The van der Waals surface area contributed by atoms with Gasteiger partial charge in [-0.1, -0.05) is 31.0 Å². The predicted octanol–water partition coefficient (Wildman–Crippen LogP) is 2.58. The molecule has 1 saturated carbocycles. The number of imidazole rings is 1. The van der Waals surface area contributed by atoms with Crippen molar-refractivity contribution < 1.29 is 13.2 Å². The number of aromatic nitrogens is 2. The van der Waals surface area contributed by atoms with E-state index in [2.05, 4.69) is 10.3 Å². The Morgan fingerprint density at radius 3 is 2.72 bits per heavy atom. The van der Waals surface area contributed by atoms with Crippen molar-refractivity contribution in [2.45, 2.75) is 43.6 Å². The zero-order chi connectivity index (χ0) is 20.2. The molecule has 0 bridgehead atoms. The van der Waals surface area contributed by atoms with Crippen LogP contribution in [0.25, 0.3) is 0 Å². The number of rotatable bonds is 4. The molecule has 154 valence electrons. The maximum atomic E-state index is 13.5. The lowest BCUT2D eigenvalue weighted by Gasteiger charge is -2.33. The molecular formula is C21H26N4O3S. The molecule has 2 atom stereocenters. The van der Waals surface area contributed by atoms with Crippen molar-refractivity contribution in [1.29, 1.82) is 0 Å². The number of carbonyl (C=O) groups excluding carboxylic acids is 1. The van der Waals surface area contributed by atoms with Crippen LogP contribution < -0.4 is 5.32 Å². The maximum absolute atomic E-state index is 13.5. The van der Waals surface area contributed by atoms with Crippen molar-refractivity contribution in [3.05, 3.63) is 48.0 Å². The number of carbonyl (C=O) groups is 1. The predicted molar refractivity (Wildman–Crippen MR) is 110 cm³/mol. The molecule has 1 aromatic carbocycles. The number of sulfonamides is 1. The van der Waals surface area contributed by atoms with Crippen LogP contribution in [0.1, 0.15) is 49.5 Å². The summed E-state index contributed by atoms with van der Waals surface area (Å²) < 4.78 is 30.4. The molecular weight excluding hydrogens is 388 g/mol. The number of nitrogens with zero attached hydrogens (tertiary/aromatic N) is 3. The molecule has 0 radical (unpaired) electrons. The van der Waals surface area contributed by atoms with Gasteiger partial charge in [-0.05, 0) is 36.8 Å². The molecule has 1 N–H and O–H groups in total. The molecule has 0 unspecified atom stereocenters. The molecule has 3 heterocycles. The van der Waals surface area contributed by atoms with Gasteiger partial charge in [0.15, 0.2) is 0 Å². The fourth-order valence-electron chi connectivity index (χ4n) is 5.52. The number of aryl methyl sites for hydroxylation is 1. The quantitative estimate of drug-likeness (QED) is 0.833. The van der Waals surface area contributed by atoms with Crippen LogP contribution in [-0.4, -0.2) is 40.5 Å². The third kappa shape index (κ3) is 2.76. The molecule has 8 heteroatoms. The molecule has 29 heavy (non-hydrogen) atoms. The summed E-state index contributed by atoms with van der Waals surface area (Å²) in [5.74, 6) is 0.852. The van der Waals surface area contributed by atoms with E-state index < -0.39 is 21.5 Å². The van der Waals surface area contributed by atoms with Crippen LogP contribution in [0.5, 0.6) is 0 Å². The summed E-state index contributed by atoms with van der Waals surface area (Å²) in [6.07, 6.45) is 8.07. The molecule has 7 nitrogen and oxygen atoms in total. The Morgan fingerprint density at radius 2 is 2.00 bits per heavy atom. The molecule has 1 aliphatic carbocycles. The third-order valence-corrected chi connectivity index (χ3v) is 8.92. The minimum absolute atomic E-state index is 0.134. The van der Waals surface area contributed by atoms with Gasteiger partial charge in [-0.2, -0.15) is 4.31 Å². The number of fused-ring (bicyclic) bond motifs is 2. The lowest BCUT2D eigenvalue weighted by molar-refractivity contribution is -0.121. The fourth-order valence-corrected chi connectivity index (χ4v) is 7.60. The lowest BCUT2D eigenvalue weighted by atomic mass is 9.75. The summed E-state index contributed by atoms with van der Waals surface area (Å²) in [7, 11) is -1.67. The van der Waals surface area contributed by atoms with Crippen LogP contribution in [-0.2, 0) is 27.3 Å². The van der Waals surface area contributed by atoms with Crippen molar-refractivity contribution in [2.24, 2.45) is 13.0 Å². The summed E-state index contributed by atoms with van der Waals surface area (Å²) in [5, 5.41) is 2.99. The first-order valence-electron chi connectivity index (χ1n) is 10.3. The van der Waals surface area contributed by atoms with Crippen molar-refractivity contribution in [1.82, 2.24) is 13.9 Å². The van der Waals surface area contributed by atoms with E-state index in [1.165, 1.54) is 0 Å². The normalized spacial score (nSPS) is 27.6. The summed E-state index contributed by atoms with van der Waals surface area (Å²) in [6.45, 7) is 0.328. The third-order valence-electron chi connectivity index (χ3n) is 6.92. The van der Waals surface area contributed by atoms with Crippen molar-refractivity contribution in [3.63, 3.8) is 0 Å². The van der Waals surface area contributed by atoms with Crippen molar-refractivity contribution >= 4 is 21.6 Å². The Bertz CT molecular complexity index is 1060. The SMILES string of the molecule is Cn1ccnc1[C@@H]1N(S(=O)(=O)CC2CCCC2)CC[C@]12C(=O)Nc1ccccc12. The Hall–Kier alpha value is -2.19. The Kier molecular flexibility index (Phi) is 4.33. The van der Waals surface area contributed by atoms with E-state index in [1.807, 2.05) is 42.1 Å². The Labute approximate surface area is 171 Å². The summed E-state index contributed by atoms with van der Waals surface area (Å²) in [4.78, 5) is 17.8. The van der Waals surface area contributed by atoms with Crippen LogP contribution >= 0.6 is 0 Å². The number of hydrogen-bond donors (Lipinski definition) is 1. The van der Waals surface area contributed by atoms with E-state index >= 15 is 0 Å². The van der Waals surface area contributed by atoms with Gasteiger partial charge in [0.1, 0.15) is 17.3 Å². The van der Waals surface area contributed by atoms with Crippen LogP contribution in [0, 0.1) is 5.92 Å². The second-order valence-corrected chi connectivity index (χ2v) is 10.5. The molecule has 1 aromatic heterocycles. The number of para-hydroxylation sites is 1. The van der Waals surface area contributed by atoms with Gasteiger partial charge in [-0.3, -0.25) is 4.79 Å². The summed E-state index contributed by atoms with van der Waals surface area (Å²) in [5.41, 5.74) is 0.696. The Balaban J connectivity index is 1.63. The van der Waals surface area contributed by atoms with Gasteiger partial charge in [0.05, 0.1) is 5.75 Å². The molecule has 3 aliphatic rings. The minimum atomic E-state index is -3.52. The first-order valence-corrected chi connectivity index (χ1v) is 11.9. The number of hydrogen-bond acceptors (Lipinski definition) is 4. The highest BCUT2D eigenvalue weighted by Crippen LogP contribution is 2.55. The first-order chi connectivity index (χ1) is 13.9. The second kappa shape index (κ2) is 6.67. The zero-order valence-corrected chi connectivity index (χ0v) is 17.4. The highest BCUT2D eigenvalue weighted by atomic mass is 32.2. The van der Waals surface area contributed by atoms with Gasteiger partial charge in [-0.15, -0.1) is 0 Å². The van der Waals surface area contributed by atoms with E-state index in [1.54, 1.807) is 10.5 Å². The van der Waals surface area contributed by atoms with Gasteiger partial charge in [0, 0.05) is 31.7 Å². The standard InChI is InChI=1S/C21H26N4O3S/c1-24-13-11-22-19(24)18-21(16-8-4-5-9-17(16)23-20(21)26)10-12-25(18)29(27,28)14-15-6-2-3-7-15/h4-5,8-9,11,13,15,18H,2-3,6-7,10,12,14H2,1H3,(H,23,26)/t18-,21+/m0/s1. The lowest BCUT2D eigenvalue weighted by Crippen LogP contribution is -2.44. The molecule has 5 rings (SSSR count). The Morgan fingerprint density at radius 1 is 1.24 bits per heavy atom. The molecule has 2 fully saturated rings. The monoisotopic (exact) mass is 414 g/mol. The highest BCUT2D eigenvalue weighted by Gasteiger charge is 2.62. The number of amides is 1. The van der Waals surface area contributed by atoms with Crippen molar-refractivity contribution in [3.8, 4) is 0 Å². The molecule has 2 aromatic rings. The molecule has 2 aliphatic heterocycles. The van der Waals surface area contributed by atoms with Gasteiger partial charge in [-0.25, -0.2) is 13.4 Å². The number of anilines is 1. The summed E-state index contributed by atoms with van der Waals surface area (Å²) >= 11 is 0. The van der Waals surface area contributed by atoms with E-state index in [4.69, 9.17) is 0 Å². The molecule has 1 amide bonds. The van der Waals surface area contributed by atoms with Gasteiger partial charge >= 0.3 is 0 Å². The minimum Gasteiger partial charge on any atom is -0.337 e. The van der Waals surface area contributed by atoms with Crippen molar-refractivity contribution in [2.75, 3.05) is 17.6 Å². The van der Waals surface area contributed by atoms with Crippen LogP contribution in [0.3, 0.4) is 0 Å². The van der Waals surface area contributed by atoms with Gasteiger partial charge < -0.3 is 9.88 Å². The first kappa shape index (κ1) is 18.8. The average molecular weight is 415 g/mol. The number of benzene rings is 1. The average Bonchev–Trinajstić information content (AvgIpc) is 3.44. The topological polar surface area (TPSA) is 84.3 Å². The zero-order valence-electron chi connectivity index (χ0n) is 16.5. The van der Waals surface area contributed by atoms with Gasteiger partial charge in [0.2, 0.25) is 15.9 Å². The smallest absolute Gasteiger partial charge is 0.237 e. The van der Waals surface area contributed by atoms with Crippen LogP contribution in [0.2, 0.25) is 0 Å². The van der Waals surface area contributed by atoms with E-state index in [9.17, 15) is 13.2 Å². The largest absolute Gasteiger partial charge is 0.337 e.